The number of nitrogens with two attached hydrogens (primary N) is 1. The third-order valence-corrected chi connectivity index (χ3v) is 2.26. The normalized spacial score (nSPS) is 9.93. The molecule has 0 heterocycles. The molecule has 0 aliphatic rings. The molecule has 0 spiro atoms. The van der Waals surface area contributed by atoms with Crippen LogP contribution >= 0.6 is 0 Å². The minimum atomic E-state index is 0.682. The molecule has 0 amide bonds. The van der Waals surface area contributed by atoms with Gasteiger partial charge in [-0.15, -0.1) is 0 Å². The van der Waals surface area contributed by atoms with Crippen LogP contribution in [0.4, 0.5) is 5.69 Å². The zero-order valence-electron chi connectivity index (χ0n) is 8.53. The third-order valence-electron chi connectivity index (χ3n) is 2.26. The van der Waals surface area contributed by atoms with Crippen LogP contribution in [0.5, 0.6) is 5.75 Å². The van der Waals surface area contributed by atoms with Gasteiger partial charge >= 0.3 is 0 Å². The molecule has 0 saturated heterocycles. The first kappa shape index (κ1) is 9.59. The smallest absolute Gasteiger partial charge is 0.136 e. The van der Waals surface area contributed by atoms with Crippen LogP contribution in [0.2, 0.25) is 0 Å². The van der Waals surface area contributed by atoms with E-state index < -0.39 is 0 Å². The topological polar surface area (TPSA) is 35.2 Å². The van der Waals surface area contributed by atoms with E-state index in [4.69, 9.17) is 10.5 Å². The Kier molecular flexibility index (Phi) is 2.59. The molecule has 0 unspecified atom stereocenters. The Balaban J connectivity index is 2.61. The van der Waals surface area contributed by atoms with Gasteiger partial charge in [-0.1, -0.05) is 30.3 Å². The highest BCUT2D eigenvalue weighted by molar-refractivity contribution is 5.81. The van der Waals surface area contributed by atoms with Crippen molar-refractivity contribution < 1.29 is 4.74 Å². The second-order valence-electron chi connectivity index (χ2n) is 3.21. The van der Waals surface area contributed by atoms with Gasteiger partial charge in [-0.2, -0.15) is 0 Å². The Bertz CT molecular complexity index is 451. The summed E-state index contributed by atoms with van der Waals surface area (Å²) in [6.45, 7) is 0. The van der Waals surface area contributed by atoms with Crippen LogP contribution in [0, 0.1) is 6.07 Å². The molecule has 15 heavy (non-hydrogen) atoms. The molecule has 0 aliphatic carbocycles. The SMILES string of the molecule is COc1[c]ccc(N)c1-c1ccccc1. The van der Waals surface area contributed by atoms with Crippen LogP contribution < -0.4 is 10.5 Å². The van der Waals surface area contributed by atoms with Crippen molar-refractivity contribution in [2.45, 2.75) is 0 Å². The van der Waals surface area contributed by atoms with Gasteiger partial charge in [-0.3, -0.25) is 0 Å². The van der Waals surface area contributed by atoms with Gasteiger partial charge in [0.05, 0.1) is 7.11 Å². The Morgan fingerprint density at radius 1 is 1.13 bits per heavy atom. The molecule has 2 rings (SSSR count). The average Bonchev–Trinajstić information content (AvgIpc) is 2.29. The Morgan fingerprint density at radius 3 is 2.53 bits per heavy atom. The first-order chi connectivity index (χ1) is 7.33. The molecular formula is C13H12NO. The van der Waals surface area contributed by atoms with E-state index in [9.17, 15) is 0 Å². The predicted octanol–water partition coefficient (Wildman–Crippen LogP) is 2.74. The second-order valence-corrected chi connectivity index (χ2v) is 3.21. The average molecular weight is 198 g/mol. The van der Waals surface area contributed by atoms with E-state index in [0.29, 0.717) is 11.4 Å². The number of rotatable bonds is 2. The number of hydrogen-bond acceptors (Lipinski definition) is 2. The number of benzene rings is 2. The highest BCUT2D eigenvalue weighted by Crippen LogP contribution is 2.34. The lowest BCUT2D eigenvalue weighted by Gasteiger charge is -2.10. The summed E-state index contributed by atoms with van der Waals surface area (Å²) in [5.41, 5.74) is 8.58. The molecule has 2 aromatic carbocycles. The first-order valence-corrected chi connectivity index (χ1v) is 4.72. The van der Waals surface area contributed by atoms with Crippen molar-refractivity contribution in [1.29, 1.82) is 0 Å². The fraction of sp³-hybridized carbons (Fsp3) is 0.0769. The summed E-state index contributed by atoms with van der Waals surface area (Å²) in [6.07, 6.45) is 0. The maximum absolute atomic E-state index is 5.93. The highest BCUT2D eigenvalue weighted by Gasteiger charge is 2.08. The van der Waals surface area contributed by atoms with Crippen LogP contribution in [0.25, 0.3) is 11.1 Å². The van der Waals surface area contributed by atoms with E-state index >= 15 is 0 Å². The number of nitrogen functional groups attached to an aromatic ring is 1. The summed E-state index contributed by atoms with van der Waals surface area (Å²) in [4.78, 5) is 0. The van der Waals surface area contributed by atoms with Gasteiger partial charge in [0.15, 0.2) is 0 Å². The van der Waals surface area contributed by atoms with E-state index in [1.54, 1.807) is 13.2 Å². The summed E-state index contributed by atoms with van der Waals surface area (Å²) in [5.74, 6) is 0.682. The summed E-state index contributed by atoms with van der Waals surface area (Å²) in [7, 11) is 1.62. The van der Waals surface area contributed by atoms with Gasteiger partial charge in [0.1, 0.15) is 5.75 Å². The van der Waals surface area contributed by atoms with Crippen LogP contribution in [-0.4, -0.2) is 7.11 Å². The lowest BCUT2D eigenvalue weighted by molar-refractivity contribution is 0.416. The van der Waals surface area contributed by atoms with Crippen LogP contribution in [0.3, 0.4) is 0 Å². The molecular weight excluding hydrogens is 186 g/mol. The van der Waals surface area contributed by atoms with E-state index in [1.165, 1.54) is 0 Å². The fourth-order valence-electron chi connectivity index (χ4n) is 1.56. The maximum atomic E-state index is 5.93. The monoisotopic (exact) mass is 198 g/mol. The van der Waals surface area contributed by atoms with Crippen molar-refractivity contribution >= 4 is 5.69 Å². The highest BCUT2D eigenvalue weighted by atomic mass is 16.5. The zero-order valence-corrected chi connectivity index (χ0v) is 8.53. The first-order valence-electron chi connectivity index (χ1n) is 4.72. The van der Waals surface area contributed by atoms with Crippen LogP contribution in [-0.2, 0) is 0 Å². The summed E-state index contributed by atoms with van der Waals surface area (Å²) in [6, 6.07) is 16.5. The molecule has 2 aromatic rings. The van der Waals surface area contributed by atoms with Gasteiger partial charge in [-0.25, -0.2) is 0 Å². The number of methoxy groups -OCH3 is 1. The zero-order chi connectivity index (χ0) is 10.7. The van der Waals surface area contributed by atoms with E-state index in [0.717, 1.165) is 11.1 Å². The molecule has 2 heteroatoms. The van der Waals surface area contributed by atoms with E-state index in [-0.39, 0.29) is 0 Å². The molecule has 2 N–H and O–H groups in total. The quantitative estimate of drug-likeness (QED) is 0.753. The van der Waals surface area contributed by atoms with Crippen LogP contribution in [0.15, 0.2) is 42.5 Å². The predicted molar refractivity (Wildman–Crippen MR) is 61.7 cm³/mol. The molecule has 0 atom stereocenters. The van der Waals surface area contributed by atoms with E-state index in [1.807, 2.05) is 36.4 Å². The molecule has 0 aliphatic heterocycles. The van der Waals surface area contributed by atoms with Gasteiger partial charge in [0.2, 0.25) is 0 Å². The molecule has 0 aromatic heterocycles. The number of ether oxygens (including phenoxy) is 1. The Labute approximate surface area is 89.3 Å². The third kappa shape index (κ3) is 1.79. The summed E-state index contributed by atoms with van der Waals surface area (Å²) >= 11 is 0. The number of hydrogen-bond donors (Lipinski definition) is 1. The van der Waals surface area contributed by atoms with Crippen molar-refractivity contribution in [3.05, 3.63) is 48.5 Å². The van der Waals surface area contributed by atoms with Crippen LogP contribution in [0.1, 0.15) is 0 Å². The van der Waals surface area contributed by atoms with Crippen molar-refractivity contribution in [3.8, 4) is 16.9 Å². The molecule has 0 fully saturated rings. The molecule has 0 saturated carbocycles. The lowest BCUT2D eigenvalue weighted by Crippen LogP contribution is -1.94. The molecule has 0 bridgehead atoms. The standard InChI is InChI=1S/C13H12NO/c1-15-12-9-5-8-11(14)13(12)10-6-3-2-4-7-10/h2-8H,14H2,1H3. The molecule has 75 valence electrons. The molecule has 2 nitrogen and oxygen atoms in total. The minimum absolute atomic E-state index is 0.682. The minimum Gasteiger partial charge on any atom is -0.495 e. The van der Waals surface area contributed by atoms with Crippen molar-refractivity contribution in [3.63, 3.8) is 0 Å². The van der Waals surface area contributed by atoms with Gasteiger partial charge in [0.25, 0.3) is 0 Å². The maximum Gasteiger partial charge on any atom is 0.136 e. The van der Waals surface area contributed by atoms with Gasteiger partial charge < -0.3 is 10.5 Å². The van der Waals surface area contributed by atoms with Gasteiger partial charge in [-0.05, 0) is 17.7 Å². The molecule has 1 radical (unpaired) electrons. The number of anilines is 1. The summed E-state index contributed by atoms with van der Waals surface area (Å²) < 4.78 is 5.25. The Morgan fingerprint density at radius 2 is 1.87 bits per heavy atom. The van der Waals surface area contributed by atoms with Gasteiger partial charge in [0, 0.05) is 17.3 Å². The second kappa shape index (κ2) is 4.05. The van der Waals surface area contributed by atoms with Crippen molar-refractivity contribution in [2.24, 2.45) is 0 Å². The Hall–Kier alpha value is -1.96. The van der Waals surface area contributed by atoms with E-state index in [2.05, 4.69) is 6.07 Å². The largest absolute Gasteiger partial charge is 0.495 e. The fourth-order valence-corrected chi connectivity index (χ4v) is 1.56. The summed E-state index contributed by atoms with van der Waals surface area (Å²) in [5, 5.41) is 0. The van der Waals surface area contributed by atoms with Crippen molar-refractivity contribution in [2.75, 3.05) is 12.8 Å². The lowest BCUT2D eigenvalue weighted by atomic mass is 10.0. The van der Waals surface area contributed by atoms with Crippen molar-refractivity contribution in [1.82, 2.24) is 0 Å².